The van der Waals surface area contributed by atoms with Crippen LogP contribution in [-0.4, -0.2) is 52.5 Å². The molecule has 28 heavy (non-hydrogen) atoms. The number of ether oxygens (including phenoxy) is 1. The van der Waals surface area contributed by atoms with Crippen LogP contribution in [0.25, 0.3) is 0 Å². The van der Waals surface area contributed by atoms with Crippen LogP contribution in [0.2, 0.25) is 0 Å². The Kier molecular flexibility index (Phi) is 7.29. The number of amides is 1. The number of carbonyl (C=O) groups is 1. The molecule has 1 amide bonds. The third kappa shape index (κ3) is 4.95. The fraction of sp³-hybridized carbons (Fsp3) is 0.316. The van der Waals surface area contributed by atoms with Crippen LogP contribution >= 0.6 is 12.4 Å². The Morgan fingerprint density at radius 3 is 2.54 bits per heavy atom. The lowest BCUT2D eigenvalue weighted by Gasteiger charge is -2.24. The number of rotatable bonds is 6. The maximum absolute atomic E-state index is 12.7. The Labute approximate surface area is 171 Å². The first-order valence-corrected chi connectivity index (χ1v) is 10.1. The maximum atomic E-state index is 12.7. The Bertz CT molecular complexity index is 913. The number of sulfonamides is 1. The average molecular weight is 426 g/mol. The SMILES string of the molecule is COc1ccc(NS(=O)(=O)c2cccc(C(=O)N(C)C3CCNC3)c2)cc1.Cl. The van der Waals surface area contributed by atoms with E-state index in [-0.39, 0.29) is 29.3 Å². The average Bonchev–Trinajstić information content (AvgIpc) is 3.22. The van der Waals surface area contributed by atoms with Gasteiger partial charge in [0.05, 0.1) is 12.0 Å². The van der Waals surface area contributed by atoms with Gasteiger partial charge in [-0.05, 0) is 55.4 Å². The van der Waals surface area contributed by atoms with E-state index in [1.165, 1.54) is 12.1 Å². The van der Waals surface area contributed by atoms with Gasteiger partial charge in [-0.1, -0.05) is 6.07 Å². The van der Waals surface area contributed by atoms with Gasteiger partial charge in [-0.2, -0.15) is 0 Å². The van der Waals surface area contributed by atoms with E-state index in [0.717, 1.165) is 19.5 Å². The molecule has 0 aromatic heterocycles. The summed E-state index contributed by atoms with van der Waals surface area (Å²) >= 11 is 0. The number of nitrogens with zero attached hydrogens (tertiary/aromatic N) is 1. The molecule has 1 atom stereocenters. The molecule has 1 fully saturated rings. The third-order valence-electron chi connectivity index (χ3n) is 4.64. The van der Waals surface area contributed by atoms with E-state index in [1.807, 2.05) is 0 Å². The van der Waals surface area contributed by atoms with Gasteiger partial charge >= 0.3 is 0 Å². The molecule has 2 N–H and O–H groups in total. The fourth-order valence-electron chi connectivity index (χ4n) is 3.01. The van der Waals surface area contributed by atoms with E-state index in [1.54, 1.807) is 55.5 Å². The van der Waals surface area contributed by atoms with Crippen LogP contribution in [0.3, 0.4) is 0 Å². The molecule has 1 aliphatic rings. The van der Waals surface area contributed by atoms with Gasteiger partial charge in [0, 0.05) is 30.9 Å². The topological polar surface area (TPSA) is 87.7 Å². The molecule has 2 aromatic rings. The second-order valence-electron chi connectivity index (χ2n) is 6.42. The molecule has 1 saturated heterocycles. The van der Waals surface area contributed by atoms with E-state index in [0.29, 0.717) is 17.0 Å². The highest BCUT2D eigenvalue weighted by molar-refractivity contribution is 7.92. The summed E-state index contributed by atoms with van der Waals surface area (Å²) in [4.78, 5) is 14.4. The summed E-state index contributed by atoms with van der Waals surface area (Å²) < 4.78 is 32.9. The largest absolute Gasteiger partial charge is 0.497 e. The number of benzene rings is 2. The van der Waals surface area contributed by atoms with Crippen molar-refractivity contribution < 1.29 is 17.9 Å². The van der Waals surface area contributed by atoms with E-state index >= 15 is 0 Å². The molecule has 9 heteroatoms. The first-order valence-electron chi connectivity index (χ1n) is 8.65. The highest BCUT2D eigenvalue weighted by Crippen LogP contribution is 2.21. The number of halogens is 1. The van der Waals surface area contributed by atoms with Crippen molar-refractivity contribution in [3.8, 4) is 5.75 Å². The van der Waals surface area contributed by atoms with Crippen molar-refractivity contribution in [3.05, 3.63) is 54.1 Å². The second kappa shape index (κ2) is 9.27. The summed E-state index contributed by atoms with van der Waals surface area (Å²) in [6.07, 6.45) is 0.888. The highest BCUT2D eigenvalue weighted by atomic mass is 35.5. The molecule has 0 saturated carbocycles. The van der Waals surface area contributed by atoms with E-state index in [4.69, 9.17) is 4.74 Å². The maximum Gasteiger partial charge on any atom is 0.261 e. The van der Waals surface area contributed by atoms with Gasteiger partial charge in [0.2, 0.25) is 0 Å². The summed E-state index contributed by atoms with van der Waals surface area (Å²) in [6, 6.07) is 12.8. The zero-order valence-electron chi connectivity index (χ0n) is 15.7. The minimum absolute atomic E-state index is 0. The minimum atomic E-state index is -3.81. The standard InChI is InChI=1S/C19H23N3O4S.ClH/c1-22(16-10-11-20-13-16)19(23)14-4-3-5-18(12-14)27(24,25)21-15-6-8-17(26-2)9-7-15;/h3-9,12,16,20-21H,10-11,13H2,1-2H3;1H. The normalized spacial score (nSPS) is 16.1. The molecule has 152 valence electrons. The third-order valence-corrected chi connectivity index (χ3v) is 6.01. The van der Waals surface area contributed by atoms with Crippen LogP contribution in [0, 0.1) is 0 Å². The van der Waals surface area contributed by atoms with Crippen LogP contribution in [0.4, 0.5) is 5.69 Å². The smallest absolute Gasteiger partial charge is 0.261 e. The molecule has 7 nitrogen and oxygen atoms in total. The zero-order valence-corrected chi connectivity index (χ0v) is 17.3. The van der Waals surface area contributed by atoms with Crippen molar-refractivity contribution in [2.24, 2.45) is 0 Å². The molecule has 1 aliphatic heterocycles. The van der Waals surface area contributed by atoms with Gasteiger partial charge < -0.3 is 15.0 Å². The first-order chi connectivity index (χ1) is 12.9. The van der Waals surface area contributed by atoms with Crippen molar-refractivity contribution in [3.63, 3.8) is 0 Å². The predicted molar refractivity (Wildman–Crippen MR) is 111 cm³/mol. The summed E-state index contributed by atoms with van der Waals surface area (Å²) in [6.45, 7) is 1.63. The molecule has 3 rings (SSSR count). The Morgan fingerprint density at radius 1 is 1.21 bits per heavy atom. The van der Waals surface area contributed by atoms with Gasteiger partial charge in [0.1, 0.15) is 5.75 Å². The van der Waals surface area contributed by atoms with E-state index in [9.17, 15) is 13.2 Å². The number of anilines is 1. The molecule has 0 spiro atoms. The molecular formula is C19H24ClN3O4S. The van der Waals surface area contributed by atoms with Crippen LogP contribution in [0.15, 0.2) is 53.4 Å². The number of hydrogen-bond donors (Lipinski definition) is 2. The fourth-order valence-corrected chi connectivity index (χ4v) is 4.11. The van der Waals surface area contributed by atoms with E-state index in [2.05, 4.69) is 10.0 Å². The lowest BCUT2D eigenvalue weighted by atomic mass is 10.1. The first kappa shape index (κ1) is 22.0. The van der Waals surface area contributed by atoms with Crippen LogP contribution < -0.4 is 14.8 Å². The van der Waals surface area contributed by atoms with Crippen LogP contribution in [0.5, 0.6) is 5.75 Å². The lowest BCUT2D eigenvalue weighted by Crippen LogP contribution is -2.38. The monoisotopic (exact) mass is 425 g/mol. The van der Waals surface area contributed by atoms with Crippen molar-refractivity contribution in [1.82, 2.24) is 10.2 Å². The molecule has 0 aliphatic carbocycles. The zero-order chi connectivity index (χ0) is 19.4. The van der Waals surface area contributed by atoms with Crippen molar-refractivity contribution in [1.29, 1.82) is 0 Å². The molecule has 0 radical (unpaired) electrons. The summed E-state index contributed by atoms with van der Waals surface area (Å²) in [5.41, 5.74) is 0.767. The van der Waals surface area contributed by atoms with Crippen LogP contribution in [0.1, 0.15) is 16.8 Å². The number of hydrogen-bond acceptors (Lipinski definition) is 5. The Morgan fingerprint density at radius 2 is 1.93 bits per heavy atom. The minimum Gasteiger partial charge on any atom is -0.497 e. The molecular weight excluding hydrogens is 402 g/mol. The van der Waals surface area contributed by atoms with Crippen molar-refractivity contribution in [2.75, 3.05) is 32.0 Å². The van der Waals surface area contributed by atoms with Gasteiger partial charge in [-0.15, -0.1) is 12.4 Å². The molecule has 0 bridgehead atoms. The lowest BCUT2D eigenvalue weighted by molar-refractivity contribution is 0.0743. The quantitative estimate of drug-likeness (QED) is 0.741. The molecule has 1 heterocycles. The summed E-state index contributed by atoms with van der Waals surface area (Å²) in [5, 5.41) is 3.22. The highest BCUT2D eigenvalue weighted by Gasteiger charge is 2.25. The van der Waals surface area contributed by atoms with Crippen molar-refractivity contribution >= 4 is 34.0 Å². The second-order valence-corrected chi connectivity index (χ2v) is 8.11. The van der Waals surface area contributed by atoms with Crippen molar-refractivity contribution in [2.45, 2.75) is 17.4 Å². The molecule has 1 unspecified atom stereocenters. The summed E-state index contributed by atoms with van der Waals surface area (Å²) in [7, 11) is -0.519. The predicted octanol–water partition coefficient (Wildman–Crippen LogP) is 2.35. The Hall–Kier alpha value is -2.29. The van der Waals surface area contributed by atoms with Gasteiger partial charge in [-0.3, -0.25) is 9.52 Å². The summed E-state index contributed by atoms with van der Waals surface area (Å²) in [5.74, 6) is 0.445. The van der Waals surface area contributed by atoms with Gasteiger partial charge in [0.25, 0.3) is 15.9 Å². The number of carbonyl (C=O) groups excluding carboxylic acids is 1. The van der Waals surface area contributed by atoms with Crippen LogP contribution in [-0.2, 0) is 10.0 Å². The number of nitrogens with one attached hydrogen (secondary N) is 2. The van der Waals surface area contributed by atoms with Gasteiger partial charge in [-0.25, -0.2) is 8.42 Å². The van der Waals surface area contributed by atoms with Gasteiger partial charge in [0.15, 0.2) is 0 Å². The van der Waals surface area contributed by atoms with E-state index < -0.39 is 10.0 Å². The number of methoxy groups -OCH3 is 1. The molecule has 2 aromatic carbocycles. The number of likely N-dealkylation sites (N-methyl/N-ethyl adjacent to an activating group) is 1. The Balaban J connectivity index is 0.00000280.